The van der Waals surface area contributed by atoms with Crippen LogP contribution in [0.1, 0.15) is 25.3 Å². The molecule has 0 radical (unpaired) electrons. The van der Waals surface area contributed by atoms with Crippen LogP contribution < -0.4 is 11.1 Å². The molecule has 1 aromatic carbocycles. The first-order valence-corrected chi connectivity index (χ1v) is 10.9. The molecule has 0 aliphatic carbocycles. The predicted octanol–water partition coefficient (Wildman–Crippen LogP) is 3.75. The number of hydrogen-bond donors (Lipinski definition) is 2. The van der Waals surface area contributed by atoms with Crippen LogP contribution in [0.15, 0.2) is 23.2 Å². The van der Waals surface area contributed by atoms with E-state index in [9.17, 15) is 4.79 Å². The number of thioether (sulfide) groups is 1. The second-order valence-corrected chi connectivity index (χ2v) is 8.11. The topological polar surface area (TPSA) is 80.0 Å². The number of carbonyl (C=O) groups excluding carboxylic acids is 1. The number of guanidine groups is 1. The smallest absolute Gasteiger partial charge is 0.409 e. The monoisotopic (exact) mass is 432 g/mol. The van der Waals surface area contributed by atoms with Crippen LogP contribution in [0.25, 0.3) is 0 Å². The van der Waals surface area contributed by atoms with Crippen molar-refractivity contribution in [1.82, 2.24) is 10.2 Å². The molecule has 0 atom stereocenters. The molecule has 6 nitrogen and oxygen atoms in total. The van der Waals surface area contributed by atoms with Gasteiger partial charge >= 0.3 is 6.09 Å². The summed E-state index contributed by atoms with van der Waals surface area (Å²) in [6, 6.07) is 5.78. The number of benzene rings is 1. The fourth-order valence-electron chi connectivity index (χ4n) is 2.73. The third-order valence-corrected chi connectivity index (χ3v) is 5.74. The van der Waals surface area contributed by atoms with Crippen LogP contribution >= 0.6 is 35.0 Å². The van der Waals surface area contributed by atoms with Crippen molar-refractivity contribution in [3.8, 4) is 0 Å². The Bertz CT molecular complexity index is 652. The number of amides is 1. The number of ether oxygens (including phenoxy) is 1. The summed E-state index contributed by atoms with van der Waals surface area (Å²) >= 11 is 13.8. The van der Waals surface area contributed by atoms with Crippen LogP contribution in [0.3, 0.4) is 0 Å². The molecule has 27 heavy (non-hydrogen) atoms. The van der Waals surface area contributed by atoms with E-state index in [4.69, 9.17) is 33.7 Å². The number of nitrogens with one attached hydrogen (secondary N) is 1. The van der Waals surface area contributed by atoms with E-state index in [1.165, 1.54) is 0 Å². The van der Waals surface area contributed by atoms with Gasteiger partial charge in [-0.1, -0.05) is 29.3 Å². The van der Waals surface area contributed by atoms with Gasteiger partial charge < -0.3 is 20.7 Å². The number of nitrogens with zero attached hydrogens (tertiary/aromatic N) is 2. The summed E-state index contributed by atoms with van der Waals surface area (Å²) in [5.74, 6) is 2.11. The molecule has 2 rings (SSSR count). The van der Waals surface area contributed by atoms with Gasteiger partial charge in [0.2, 0.25) is 0 Å². The molecule has 150 valence electrons. The Labute approximate surface area is 174 Å². The first kappa shape index (κ1) is 22.0. The predicted molar refractivity (Wildman–Crippen MR) is 114 cm³/mol. The minimum absolute atomic E-state index is 0.236. The summed E-state index contributed by atoms with van der Waals surface area (Å²) in [4.78, 5) is 17.8. The molecule has 9 heteroatoms. The highest BCUT2D eigenvalue weighted by Gasteiger charge is 2.23. The van der Waals surface area contributed by atoms with Gasteiger partial charge in [-0.05, 0) is 37.5 Å². The molecule has 0 bridgehead atoms. The van der Waals surface area contributed by atoms with Crippen molar-refractivity contribution in [2.24, 2.45) is 10.7 Å². The molecule has 0 aromatic heterocycles. The van der Waals surface area contributed by atoms with Crippen LogP contribution in [-0.4, -0.2) is 55.0 Å². The molecule has 0 unspecified atom stereocenters. The van der Waals surface area contributed by atoms with Crippen molar-refractivity contribution in [2.45, 2.75) is 31.6 Å². The van der Waals surface area contributed by atoms with Gasteiger partial charge in [0.15, 0.2) is 5.96 Å². The summed E-state index contributed by atoms with van der Waals surface area (Å²) in [6.07, 6.45) is 1.42. The zero-order valence-electron chi connectivity index (χ0n) is 15.4. The molecule has 1 amide bonds. The molecule has 0 saturated carbocycles. The number of likely N-dealkylation sites (tertiary alicyclic amines) is 1. The highest BCUT2D eigenvalue weighted by Crippen LogP contribution is 2.24. The van der Waals surface area contributed by atoms with Crippen molar-refractivity contribution in [1.29, 1.82) is 0 Å². The lowest BCUT2D eigenvalue weighted by Gasteiger charge is -2.31. The zero-order chi connectivity index (χ0) is 19.6. The Kier molecular flexibility index (Phi) is 9.38. The van der Waals surface area contributed by atoms with Gasteiger partial charge in [0, 0.05) is 40.7 Å². The average molecular weight is 433 g/mol. The Morgan fingerprint density at radius 1 is 1.41 bits per heavy atom. The summed E-state index contributed by atoms with van der Waals surface area (Å²) in [5, 5.41) is 4.57. The Morgan fingerprint density at radius 2 is 2.15 bits per heavy atom. The van der Waals surface area contributed by atoms with E-state index in [0.29, 0.717) is 42.2 Å². The maximum absolute atomic E-state index is 11.7. The number of carbonyl (C=O) groups is 1. The van der Waals surface area contributed by atoms with Crippen LogP contribution in [0, 0.1) is 0 Å². The molecular weight excluding hydrogens is 407 g/mol. The van der Waals surface area contributed by atoms with E-state index in [-0.39, 0.29) is 12.1 Å². The van der Waals surface area contributed by atoms with Crippen molar-refractivity contribution in [2.75, 3.05) is 32.0 Å². The van der Waals surface area contributed by atoms with Gasteiger partial charge in [-0.3, -0.25) is 4.99 Å². The lowest BCUT2D eigenvalue weighted by molar-refractivity contribution is 0.0963. The minimum Gasteiger partial charge on any atom is -0.450 e. The summed E-state index contributed by atoms with van der Waals surface area (Å²) in [5.41, 5.74) is 7.03. The van der Waals surface area contributed by atoms with E-state index in [1.54, 1.807) is 22.7 Å². The van der Waals surface area contributed by atoms with Gasteiger partial charge in [0.05, 0.1) is 13.2 Å². The van der Waals surface area contributed by atoms with E-state index in [0.717, 1.165) is 29.9 Å². The fourth-order valence-corrected chi connectivity index (χ4v) is 4.12. The van der Waals surface area contributed by atoms with Crippen molar-refractivity contribution < 1.29 is 9.53 Å². The fraction of sp³-hybridized carbons (Fsp3) is 0.556. The van der Waals surface area contributed by atoms with E-state index in [2.05, 4.69) is 10.3 Å². The number of halogens is 2. The molecule has 1 fully saturated rings. The van der Waals surface area contributed by atoms with Gasteiger partial charge in [-0.25, -0.2) is 4.79 Å². The van der Waals surface area contributed by atoms with E-state index < -0.39 is 0 Å². The highest BCUT2D eigenvalue weighted by molar-refractivity contribution is 7.98. The highest BCUT2D eigenvalue weighted by atomic mass is 35.5. The second-order valence-electron chi connectivity index (χ2n) is 6.16. The molecule has 1 heterocycles. The van der Waals surface area contributed by atoms with Gasteiger partial charge in [-0.2, -0.15) is 11.8 Å². The zero-order valence-corrected chi connectivity index (χ0v) is 17.7. The van der Waals surface area contributed by atoms with Gasteiger partial charge in [0.25, 0.3) is 0 Å². The molecule has 3 N–H and O–H groups in total. The Balaban J connectivity index is 1.63. The minimum atomic E-state index is -0.240. The van der Waals surface area contributed by atoms with Gasteiger partial charge in [0.1, 0.15) is 0 Å². The number of nitrogens with two attached hydrogens (primary N) is 1. The standard InChI is InChI=1S/C18H26Cl2N4O2S/c1-2-26-18(25)24-8-5-15(6-9-24)23-17(21)22-7-10-27-12-13-3-4-14(19)11-16(13)20/h3-4,11,15H,2,5-10,12H2,1H3,(H3,21,22,23). The third kappa shape index (κ3) is 7.68. The van der Waals surface area contributed by atoms with Crippen molar-refractivity contribution in [3.05, 3.63) is 33.8 Å². The first-order chi connectivity index (χ1) is 13.0. The normalized spacial score (nSPS) is 15.7. The number of hydrogen-bond acceptors (Lipinski definition) is 4. The molecule has 0 spiro atoms. The molecule has 1 aromatic rings. The number of aliphatic imine (C=N–C) groups is 1. The second kappa shape index (κ2) is 11.5. The summed E-state index contributed by atoms with van der Waals surface area (Å²) in [6.45, 7) is 4.18. The van der Waals surface area contributed by atoms with E-state index in [1.807, 2.05) is 19.1 Å². The van der Waals surface area contributed by atoms with Crippen LogP contribution in [0.2, 0.25) is 10.0 Å². The molecular formula is C18H26Cl2N4O2S. The number of piperidine rings is 1. The molecule has 1 aliphatic rings. The van der Waals surface area contributed by atoms with Crippen molar-refractivity contribution in [3.63, 3.8) is 0 Å². The van der Waals surface area contributed by atoms with Crippen molar-refractivity contribution >= 4 is 47.0 Å². The molecule has 1 aliphatic heterocycles. The van der Waals surface area contributed by atoms with Crippen LogP contribution in [0.4, 0.5) is 4.79 Å². The SMILES string of the molecule is CCOC(=O)N1CCC(NC(N)=NCCSCc2ccc(Cl)cc2Cl)CC1. The third-order valence-electron chi connectivity index (χ3n) is 4.16. The van der Waals surface area contributed by atoms with Gasteiger partial charge in [-0.15, -0.1) is 0 Å². The Hall–Kier alpha value is -1.31. The first-order valence-electron chi connectivity index (χ1n) is 8.99. The Morgan fingerprint density at radius 3 is 2.81 bits per heavy atom. The lowest BCUT2D eigenvalue weighted by Crippen LogP contribution is -2.48. The quantitative estimate of drug-likeness (QED) is 0.389. The summed E-state index contributed by atoms with van der Waals surface area (Å²) in [7, 11) is 0. The lowest BCUT2D eigenvalue weighted by atomic mass is 10.1. The maximum Gasteiger partial charge on any atom is 0.409 e. The largest absolute Gasteiger partial charge is 0.450 e. The summed E-state index contributed by atoms with van der Waals surface area (Å²) < 4.78 is 5.02. The van der Waals surface area contributed by atoms with Crippen LogP contribution in [0.5, 0.6) is 0 Å². The average Bonchev–Trinajstić information content (AvgIpc) is 2.64. The number of rotatable bonds is 7. The molecule has 1 saturated heterocycles. The maximum atomic E-state index is 11.7. The van der Waals surface area contributed by atoms with E-state index >= 15 is 0 Å². The van der Waals surface area contributed by atoms with Crippen LogP contribution in [-0.2, 0) is 10.5 Å².